The van der Waals surface area contributed by atoms with Gasteiger partial charge in [-0.05, 0) is 44.2 Å². The molecule has 0 saturated heterocycles. The maximum Gasteiger partial charge on any atom is 0.293 e. The minimum Gasteiger partial charge on any atom is -0.451 e. The maximum atomic E-state index is 13.3. The zero-order valence-corrected chi connectivity index (χ0v) is 20.0. The van der Waals surface area contributed by atoms with E-state index in [0.29, 0.717) is 22.2 Å². The number of hydrogen-bond donors (Lipinski definition) is 1. The summed E-state index contributed by atoms with van der Waals surface area (Å²) in [5, 5.41) is 13.3. The molecule has 33 heavy (non-hydrogen) atoms. The number of halogens is 1. The number of fused-ring (bicyclic) bond motifs is 1. The molecular formula is C23H17FN4O2S3. The molecule has 0 atom stereocenters. The van der Waals surface area contributed by atoms with Crippen LogP contribution >= 0.6 is 34.4 Å². The average molecular weight is 497 g/mol. The third-order valence-electron chi connectivity index (χ3n) is 4.89. The van der Waals surface area contributed by atoms with E-state index in [-0.39, 0.29) is 17.5 Å². The van der Waals surface area contributed by atoms with Gasteiger partial charge in [-0.1, -0.05) is 41.3 Å². The first-order valence-electron chi connectivity index (χ1n) is 9.96. The number of benzene rings is 2. The summed E-state index contributed by atoms with van der Waals surface area (Å²) in [4.78, 5) is 18.7. The number of thioether (sulfide) groups is 1. The van der Waals surface area contributed by atoms with E-state index < -0.39 is 0 Å². The Bertz CT molecular complexity index is 1460. The number of anilines is 1. The fourth-order valence-corrected chi connectivity index (χ4v) is 6.05. The number of para-hydroxylation sites is 1. The van der Waals surface area contributed by atoms with Gasteiger partial charge in [0.15, 0.2) is 15.2 Å². The summed E-state index contributed by atoms with van der Waals surface area (Å²) in [5.41, 5.74) is 2.95. The summed E-state index contributed by atoms with van der Waals surface area (Å²) in [6, 6.07) is 13.7. The Balaban J connectivity index is 1.42. The molecule has 1 N–H and O–H groups in total. The van der Waals surface area contributed by atoms with Crippen LogP contribution in [0.2, 0.25) is 0 Å². The molecule has 3 aromatic heterocycles. The Morgan fingerprint density at radius 1 is 1.09 bits per heavy atom. The molecule has 5 rings (SSSR count). The van der Waals surface area contributed by atoms with Crippen molar-refractivity contribution in [3.8, 4) is 11.3 Å². The van der Waals surface area contributed by atoms with Crippen LogP contribution in [0.1, 0.15) is 26.0 Å². The van der Waals surface area contributed by atoms with Gasteiger partial charge in [0, 0.05) is 27.1 Å². The number of aryl methyl sites for hydroxylation is 2. The van der Waals surface area contributed by atoms with Gasteiger partial charge >= 0.3 is 0 Å². The average Bonchev–Trinajstić information content (AvgIpc) is 3.49. The molecule has 2 aromatic carbocycles. The molecule has 0 bridgehead atoms. The number of carbonyl (C=O) groups excluding carboxylic acids is 1. The van der Waals surface area contributed by atoms with Crippen LogP contribution in [0.25, 0.3) is 22.2 Å². The van der Waals surface area contributed by atoms with E-state index in [4.69, 9.17) is 4.42 Å². The minimum atomic E-state index is -0.366. The number of thiazole rings is 1. The van der Waals surface area contributed by atoms with Crippen molar-refractivity contribution in [1.29, 1.82) is 0 Å². The summed E-state index contributed by atoms with van der Waals surface area (Å²) in [6.45, 7) is 3.82. The lowest BCUT2D eigenvalue weighted by molar-refractivity contribution is 0.0998. The van der Waals surface area contributed by atoms with Gasteiger partial charge in [0.05, 0.1) is 5.69 Å². The van der Waals surface area contributed by atoms with Crippen molar-refractivity contribution in [3.63, 3.8) is 0 Å². The summed E-state index contributed by atoms with van der Waals surface area (Å²) < 4.78 is 20.0. The van der Waals surface area contributed by atoms with Gasteiger partial charge in [0.2, 0.25) is 0 Å². The molecule has 6 nitrogen and oxygen atoms in total. The van der Waals surface area contributed by atoms with Crippen molar-refractivity contribution in [2.75, 3.05) is 5.32 Å². The van der Waals surface area contributed by atoms with Gasteiger partial charge in [-0.25, -0.2) is 9.37 Å². The Labute approximate surface area is 200 Å². The lowest BCUT2D eigenvalue weighted by Crippen LogP contribution is -2.12. The quantitative estimate of drug-likeness (QED) is 0.263. The second-order valence-electron chi connectivity index (χ2n) is 7.17. The highest BCUT2D eigenvalue weighted by Gasteiger charge is 2.23. The summed E-state index contributed by atoms with van der Waals surface area (Å²) in [6.07, 6.45) is 0. The predicted octanol–water partition coefficient (Wildman–Crippen LogP) is 6.71. The van der Waals surface area contributed by atoms with Gasteiger partial charge in [0.1, 0.15) is 16.4 Å². The van der Waals surface area contributed by atoms with Gasteiger partial charge in [0.25, 0.3) is 5.91 Å². The second-order valence-corrected chi connectivity index (χ2v) is 10.8. The first-order chi connectivity index (χ1) is 16.0. The Morgan fingerprint density at radius 3 is 2.64 bits per heavy atom. The van der Waals surface area contributed by atoms with Crippen LogP contribution in [0.5, 0.6) is 0 Å². The van der Waals surface area contributed by atoms with E-state index >= 15 is 0 Å². The van der Waals surface area contributed by atoms with Crippen LogP contribution in [-0.2, 0) is 5.75 Å². The van der Waals surface area contributed by atoms with Crippen molar-refractivity contribution in [1.82, 2.24) is 15.2 Å². The molecule has 0 aliphatic rings. The summed E-state index contributed by atoms with van der Waals surface area (Å²) in [5.74, 6) is 0.0986. The van der Waals surface area contributed by atoms with Crippen molar-refractivity contribution in [2.24, 2.45) is 0 Å². The smallest absolute Gasteiger partial charge is 0.293 e. The van der Waals surface area contributed by atoms with E-state index in [1.165, 1.54) is 46.6 Å². The highest BCUT2D eigenvalue weighted by Crippen LogP contribution is 2.35. The molecule has 0 spiro atoms. The molecule has 0 unspecified atom stereocenters. The molecule has 0 saturated carbocycles. The Morgan fingerprint density at radius 2 is 1.88 bits per heavy atom. The molecule has 10 heteroatoms. The number of hydrogen-bond acceptors (Lipinski definition) is 8. The molecule has 3 heterocycles. The number of rotatable bonds is 6. The number of furan rings is 1. The second kappa shape index (κ2) is 9.05. The van der Waals surface area contributed by atoms with E-state index in [9.17, 15) is 9.18 Å². The van der Waals surface area contributed by atoms with E-state index in [2.05, 4.69) is 20.5 Å². The summed E-state index contributed by atoms with van der Waals surface area (Å²) in [7, 11) is 0. The van der Waals surface area contributed by atoms with Crippen LogP contribution < -0.4 is 5.32 Å². The maximum absolute atomic E-state index is 13.3. The van der Waals surface area contributed by atoms with Gasteiger partial charge in [-0.3, -0.25) is 10.1 Å². The lowest BCUT2D eigenvalue weighted by atomic mass is 10.1. The van der Waals surface area contributed by atoms with Crippen LogP contribution in [-0.4, -0.2) is 21.1 Å². The standard InChI is InChI=1S/C23H17FN4O2S3/c1-12-19(14-7-9-15(24)10-8-14)25-22(32-12)26-21(29)20-17(11-31-23-28-27-13(2)33-23)16-5-3-4-6-18(16)30-20/h3-10H,11H2,1-2H3,(H,25,26,29). The molecule has 0 fully saturated rings. The molecule has 1 amide bonds. The number of nitrogens with zero attached hydrogens (tertiary/aromatic N) is 3. The van der Waals surface area contributed by atoms with E-state index in [0.717, 1.165) is 30.7 Å². The third-order valence-corrected chi connectivity index (χ3v) is 7.77. The fourth-order valence-electron chi connectivity index (χ4n) is 3.38. The Hall–Kier alpha value is -3.08. The fraction of sp³-hybridized carbons (Fsp3) is 0.130. The number of aromatic nitrogens is 3. The molecule has 0 aliphatic heterocycles. The zero-order valence-electron chi connectivity index (χ0n) is 17.6. The van der Waals surface area contributed by atoms with Crippen molar-refractivity contribution >= 4 is 56.4 Å². The van der Waals surface area contributed by atoms with Crippen molar-refractivity contribution < 1.29 is 13.6 Å². The topological polar surface area (TPSA) is 80.9 Å². The SMILES string of the molecule is Cc1nnc(SCc2c(C(=O)Nc3nc(-c4ccc(F)cc4)c(C)s3)oc3ccccc23)s1. The molecule has 166 valence electrons. The number of nitrogens with one attached hydrogen (secondary N) is 1. The highest BCUT2D eigenvalue weighted by atomic mass is 32.2. The molecule has 5 aromatic rings. The predicted molar refractivity (Wildman–Crippen MR) is 131 cm³/mol. The first-order valence-corrected chi connectivity index (χ1v) is 12.6. The van der Waals surface area contributed by atoms with Gasteiger partial charge in [-0.15, -0.1) is 21.5 Å². The van der Waals surface area contributed by atoms with E-state index in [1.807, 2.05) is 38.1 Å². The van der Waals surface area contributed by atoms with Crippen LogP contribution in [0, 0.1) is 19.7 Å². The zero-order chi connectivity index (χ0) is 22.9. The van der Waals surface area contributed by atoms with Gasteiger partial charge < -0.3 is 4.42 Å². The lowest BCUT2D eigenvalue weighted by Gasteiger charge is -2.02. The first kappa shape index (κ1) is 21.7. The normalized spacial score (nSPS) is 11.2. The van der Waals surface area contributed by atoms with Crippen molar-refractivity contribution in [2.45, 2.75) is 23.9 Å². The molecule has 0 radical (unpaired) electrons. The van der Waals surface area contributed by atoms with Gasteiger partial charge in [-0.2, -0.15) is 0 Å². The molecule has 0 aliphatic carbocycles. The minimum absolute atomic E-state index is 0.251. The Kier molecular flexibility index (Phi) is 5.96. The third kappa shape index (κ3) is 4.54. The largest absolute Gasteiger partial charge is 0.451 e. The van der Waals surface area contributed by atoms with E-state index in [1.54, 1.807) is 12.1 Å². The summed E-state index contributed by atoms with van der Waals surface area (Å²) >= 11 is 4.39. The number of carbonyl (C=O) groups is 1. The van der Waals surface area contributed by atoms with Crippen LogP contribution in [0.4, 0.5) is 9.52 Å². The highest BCUT2D eigenvalue weighted by molar-refractivity contribution is 8.00. The monoisotopic (exact) mass is 496 g/mol. The molecular weight excluding hydrogens is 479 g/mol. The van der Waals surface area contributed by atoms with Crippen LogP contribution in [0.3, 0.4) is 0 Å². The number of amides is 1. The van der Waals surface area contributed by atoms with Crippen molar-refractivity contribution in [3.05, 3.63) is 75.6 Å². The van der Waals surface area contributed by atoms with Crippen LogP contribution in [0.15, 0.2) is 57.3 Å².